The summed E-state index contributed by atoms with van der Waals surface area (Å²) in [5, 5.41) is 0. The van der Waals surface area contributed by atoms with Gasteiger partial charge >= 0.3 is 0 Å². The van der Waals surface area contributed by atoms with E-state index in [1.807, 2.05) is 27.7 Å². The molecule has 0 aliphatic carbocycles. The van der Waals surface area contributed by atoms with Crippen molar-refractivity contribution >= 4 is 17.6 Å². The summed E-state index contributed by atoms with van der Waals surface area (Å²) in [5.41, 5.74) is 0. The van der Waals surface area contributed by atoms with Crippen LogP contribution in [0.4, 0.5) is 0 Å². The summed E-state index contributed by atoms with van der Waals surface area (Å²) < 4.78 is 0. The largest absolute Gasteiger partial charge is 0.343 e. The normalized spacial score (nSPS) is 10.2. The SMILES string of the molecule is CCN(CC)C(=O)CCC(=O)CCC(=O)N(CC)CC. The molecule has 0 aromatic carbocycles. The average molecular weight is 284 g/mol. The molecule has 0 rings (SSSR count). The fourth-order valence-electron chi connectivity index (χ4n) is 2.09. The summed E-state index contributed by atoms with van der Waals surface area (Å²) >= 11 is 0. The molecule has 0 aromatic heterocycles. The van der Waals surface area contributed by atoms with Crippen molar-refractivity contribution in [3.05, 3.63) is 0 Å². The lowest BCUT2D eigenvalue weighted by atomic mass is 10.1. The van der Waals surface area contributed by atoms with Crippen molar-refractivity contribution in [2.24, 2.45) is 0 Å². The van der Waals surface area contributed by atoms with Gasteiger partial charge in [-0.3, -0.25) is 14.4 Å². The van der Waals surface area contributed by atoms with E-state index in [-0.39, 0.29) is 43.3 Å². The third-order valence-electron chi connectivity index (χ3n) is 3.47. The molecule has 0 fully saturated rings. The molecule has 0 heterocycles. The Morgan fingerprint density at radius 1 is 0.600 bits per heavy atom. The van der Waals surface area contributed by atoms with Crippen LogP contribution in [0, 0.1) is 0 Å². The maximum absolute atomic E-state index is 11.7. The number of Topliss-reactive ketones (excluding diaryl/α,β-unsaturated/α-hetero) is 1. The Hall–Kier alpha value is -1.39. The molecule has 0 aliphatic heterocycles. The predicted molar refractivity (Wildman–Crippen MR) is 79.3 cm³/mol. The Morgan fingerprint density at radius 2 is 0.900 bits per heavy atom. The zero-order chi connectivity index (χ0) is 15.5. The fourth-order valence-corrected chi connectivity index (χ4v) is 2.09. The minimum Gasteiger partial charge on any atom is -0.343 e. The van der Waals surface area contributed by atoms with Crippen molar-refractivity contribution in [2.45, 2.75) is 53.4 Å². The Kier molecular flexibility index (Phi) is 9.68. The van der Waals surface area contributed by atoms with E-state index in [1.54, 1.807) is 9.80 Å². The average Bonchev–Trinajstić information content (AvgIpc) is 2.45. The van der Waals surface area contributed by atoms with E-state index in [2.05, 4.69) is 0 Å². The van der Waals surface area contributed by atoms with Crippen LogP contribution in [-0.2, 0) is 14.4 Å². The minimum absolute atomic E-state index is 0.00832. The van der Waals surface area contributed by atoms with E-state index >= 15 is 0 Å². The molecule has 0 unspecified atom stereocenters. The summed E-state index contributed by atoms with van der Waals surface area (Å²) in [4.78, 5) is 38.6. The lowest BCUT2D eigenvalue weighted by Gasteiger charge is -2.19. The van der Waals surface area contributed by atoms with Gasteiger partial charge in [-0.05, 0) is 27.7 Å². The third-order valence-corrected chi connectivity index (χ3v) is 3.47. The van der Waals surface area contributed by atoms with Gasteiger partial charge in [-0.1, -0.05) is 0 Å². The molecule has 0 spiro atoms. The number of rotatable bonds is 10. The number of carbonyl (C=O) groups is 3. The molecule has 2 amide bonds. The molecule has 0 radical (unpaired) electrons. The molecular formula is C15H28N2O3. The molecule has 5 heteroatoms. The zero-order valence-electron chi connectivity index (χ0n) is 13.3. The molecule has 0 aromatic rings. The Labute approximate surface area is 122 Å². The first kappa shape index (κ1) is 18.6. The molecule has 116 valence electrons. The van der Waals surface area contributed by atoms with E-state index in [0.29, 0.717) is 26.2 Å². The van der Waals surface area contributed by atoms with Gasteiger partial charge in [-0.2, -0.15) is 0 Å². The van der Waals surface area contributed by atoms with E-state index in [9.17, 15) is 14.4 Å². The van der Waals surface area contributed by atoms with Gasteiger partial charge in [0.25, 0.3) is 0 Å². The first-order valence-electron chi connectivity index (χ1n) is 7.57. The molecule has 20 heavy (non-hydrogen) atoms. The molecule has 5 nitrogen and oxygen atoms in total. The van der Waals surface area contributed by atoms with Gasteiger partial charge < -0.3 is 9.80 Å². The second kappa shape index (κ2) is 10.4. The Bertz CT molecular complexity index is 291. The molecule has 0 saturated heterocycles. The maximum Gasteiger partial charge on any atom is 0.222 e. The summed E-state index contributed by atoms with van der Waals surface area (Å²) in [7, 11) is 0. The van der Waals surface area contributed by atoms with E-state index < -0.39 is 0 Å². The van der Waals surface area contributed by atoms with Crippen molar-refractivity contribution in [1.29, 1.82) is 0 Å². The van der Waals surface area contributed by atoms with Crippen molar-refractivity contribution in [2.75, 3.05) is 26.2 Å². The van der Waals surface area contributed by atoms with Crippen LogP contribution in [0.15, 0.2) is 0 Å². The summed E-state index contributed by atoms with van der Waals surface area (Å²) in [6, 6.07) is 0. The lowest BCUT2D eigenvalue weighted by molar-refractivity contribution is -0.134. The van der Waals surface area contributed by atoms with Gasteiger partial charge in [0.2, 0.25) is 11.8 Å². The van der Waals surface area contributed by atoms with Gasteiger partial charge in [0.05, 0.1) is 0 Å². The highest BCUT2D eigenvalue weighted by atomic mass is 16.2. The second-order valence-corrected chi connectivity index (χ2v) is 4.67. The first-order valence-corrected chi connectivity index (χ1v) is 7.57. The topological polar surface area (TPSA) is 57.7 Å². The van der Waals surface area contributed by atoms with E-state index in [0.717, 1.165) is 0 Å². The molecule has 0 aliphatic rings. The lowest BCUT2D eigenvalue weighted by Crippen LogP contribution is -2.31. The highest BCUT2D eigenvalue weighted by Crippen LogP contribution is 2.04. The quantitative estimate of drug-likeness (QED) is 0.615. The number of hydrogen-bond acceptors (Lipinski definition) is 3. The number of ketones is 1. The number of amides is 2. The fraction of sp³-hybridized carbons (Fsp3) is 0.800. The summed E-state index contributed by atoms with van der Waals surface area (Å²) in [6.45, 7) is 10.4. The van der Waals surface area contributed by atoms with Gasteiger partial charge in [0.15, 0.2) is 0 Å². The highest BCUT2D eigenvalue weighted by Gasteiger charge is 2.14. The smallest absolute Gasteiger partial charge is 0.222 e. The summed E-state index contributed by atoms with van der Waals surface area (Å²) in [5.74, 6) is 0.0165. The van der Waals surface area contributed by atoms with Crippen LogP contribution in [0.5, 0.6) is 0 Å². The van der Waals surface area contributed by atoms with Crippen LogP contribution in [0.25, 0.3) is 0 Å². The van der Waals surface area contributed by atoms with Crippen LogP contribution < -0.4 is 0 Å². The van der Waals surface area contributed by atoms with Crippen LogP contribution in [0.2, 0.25) is 0 Å². The van der Waals surface area contributed by atoms with Gasteiger partial charge in [0.1, 0.15) is 5.78 Å². The van der Waals surface area contributed by atoms with Gasteiger partial charge in [-0.25, -0.2) is 0 Å². The second-order valence-electron chi connectivity index (χ2n) is 4.67. The van der Waals surface area contributed by atoms with Crippen LogP contribution in [-0.4, -0.2) is 53.6 Å². The highest BCUT2D eigenvalue weighted by molar-refractivity contribution is 5.88. The maximum atomic E-state index is 11.7. The number of nitrogens with zero attached hydrogens (tertiary/aromatic N) is 2. The van der Waals surface area contributed by atoms with E-state index in [4.69, 9.17) is 0 Å². The molecule has 0 N–H and O–H groups in total. The van der Waals surface area contributed by atoms with Crippen LogP contribution in [0.1, 0.15) is 53.4 Å². The standard InChI is InChI=1S/C15H28N2O3/c1-5-16(6-2)14(19)11-9-13(18)10-12-15(20)17(7-3)8-4/h5-12H2,1-4H3. The molecule has 0 saturated carbocycles. The van der Waals surface area contributed by atoms with Gasteiger partial charge in [0, 0.05) is 51.9 Å². The van der Waals surface area contributed by atoms with Crippen molar-refractivity contribution in [1.82, 2.24) is 9.80 Å². The summed E-state index contributed by atoms with van der Waals surface area (Å²) in [6.07, 6.45) is 0.974. The predicted octanol–water partition coefficient (Wildman–Crippen LogP) is 1.85. The van der Waals surface area contributed by atoms with Crippen molar-refractivity contribution in [3.63, 3.8) is 0 Å². The monoisotopic (exact) mass is 284 g/mol. The molecule has 0 atom stereocenters. The van der Waals surface area contributed by atoms with Gasteiger partial charge in [-0.15, -0.1) is 0 Å². The Balaban J connectivity index is 4.01. The van der Waals surface area contributed by atoms with Crippen molar-refractivity contribution in [3.8, 4) is 0 Å². The number of hydrogen-bond donors (Lipinski definition) is 0. The number of carbonyl (C=O) groups excluding carboxylic acids is 3. The minimum atomic E-state index is -0.00832. The molecular weight excluding hydrogens is 256 g/mol. The Morgan fingerprint density at radius 3 is 1.15 bits per heavy atom. The molecule has 0 bridgehead atoms. The van der Waals surface area contributed by atoms with E-state index in [1.165, 1.54) is 0 Å². The van der Waals surface area contributed by atoms with Crippen molar-refractivity contribution < 1.29 is 14.4 Å². The van der Waals surface area contributed by atoms with Crippen LogP contribution in [0.3, 0.4) is 0 Å². The zero-order valence-corrected chi connectivity index (χ0v) is 13.3. The van der Waals surface area contributed by atoms with Crippen LogP contribution >= 0.6 is 0 Å². The first-order chi connectivity index (χ1) is 9.49. The third kappa shape index (κ3) is 6.68.